The molecule has 0 bridgehead atoms. The molecule has 27 heavy (non-hydrogen) atoms. The molecule has 0 aliphatic heterocycles. The third kappa shape index (κ3) is 3.51. The summed E-state index contributed by atoms with van der Waals surface area (Å²) in [5.41, 5.74) is 4.01. The van der Waals surface area contributed by atoms with Crippen LogP contribution in [0.15, 0.2) is 52.6 Å². The lowest BCUT2D eigenvalue weighted by molar-refractivity contribution is 0.399. The number of benzene rings is 1. The van der Waals surface area contributed by atoms with E-state index in [4.69, 9.17) is 21.6 Å². The van der Waals surface area contributed by atoms with Gasteiger partial charge < -0.3 is 16.0 Å². The van der Waals surface area contributed by atoms with Crippen molar-refractivity contribution in [3.05, 3.63) is 48.2 Å². The molecule has 2 aromatic heterocycles. The Morgan fingerprint density at radius 1 is 1.26 bits per heavy atom. The van der Waals surface area contributed by atoms with E-state index < -0.39 is 10.0 Å². The summed E-state index contributed by atoms with van der Waals surface area (Å²) in [7, 11) is -2.55. The van der Waals surface area contributed by atoms with Gasteiger partial charge in [0.05, 0.1) is 12.0 Å². The molecule has 3 rings (SSSR count). The summed E-state index contributed by atoms with van der Waals surface area (Å²) in [6.45, 7) is 0. The van der Waals surface area contributed by atoms with Crippen LogP contribution in [0.4, 0.5) is 0 Å². The number of nitrogens with zero attached hydrogens (tertiary/aromatic N) is 3. The number of nitrogens with two attached hydrogens (primary N) is 3. The van der Waals surface area contributed by atoms with Gasteiger partial charge in [-0.2, -0.15) is 10.1 Å². The van der Waals surface area contributed by atoms with Crippen LogP contribution < -0.4 is 27.0 Å². The van der Waals surface area contributed by atoms with Crippen LogP contribution in [0, 0.1) is 0 Å². The Kier molecular flexibility index (Phi) is 4.90. The van der Waals surface area contributed by atoms with Crippen LogP contribution in [-0.2, 0) is 10.0 Å². The fourth-order valence-electron chi connectivity index (χ4n) is 2.68. The first-order valence-electron chi connectivity index (χ1n) is 7.61. The maximum Gasteiger partial charge on any atom is 0.238 e. The minimum atomic E-state index is -4.06. The third-order valence-corrected chi connectivity index (χ3v) is 4.83. The summed E-state index contributed by atoms with van der Waals surface area (Å²) in [6, 6.07) is 9.87. The molecule has 0 aliphatic carbocycles. The van der Waals surface area contributed by atoms with Crippen LogP contribution in [-0.4, -0.2) is 31.3 Å². The summed E-state index contributed by atoms with van der Waals surface area (Å²) in [5.74, 6) is 11.2. The van der Waals surface area contributed by atoms with Crippen molar-refractivity contribution in [1.82, 2.24) is 15.4 Å². The first kappa shape index (κ1) is 18.5. The van der Waals surface area contributed by atoms with Crippen molar-refractivity contribution in [2.45, 2.75) is 4.90 Å². The summed E-state index contributed by atoms with van der Waals surface area (Å²) in [4.78, 5) is 8.39. The molecule has 0 aliphatic rings. The van der Waals surface area contributed by atoms with Crippen molar-refractivity contribution in [2.75, 3.05) is 7.11 Å². The van der Waals surface area contributed by atoms with Crippen molar-refractivity contribution >= 4 is 26.9 Å². The number of fused-ring (bicyclic) bond motifs is 1. The number of hydrazine groups is 1. The molecule has 2 heterocycles. The lowest BCUT2D eigenvalue weighted by Crippen LogP contribution is -2.34. The van der Waals surface area contributed by atoms with E-state index in [0.29, 0.717) is 22.7 Å². The molecule has 0 fully saturated rings. The molecule has 3 aromatic rings. The second-order valence-corrected chi connectivity index (χ2v) is 7.00. The van der Waals surface area contributed by atoms with Gasteiger partial charge in [0.15, 0.2) is 11.5 Å². The van der Waals surface area contributed by atoms with Gasteiger partial charge in [-0.05, 0) is 23.8 Å². The van der Waals surface area contributed by atoms with Gasteiger partial charge in [-0.15, -0.1) is 0 Å². The van der Waals surface area contributed by atoms with Crippen LogP contribution in [0.5, 0.6) is 5.88 Å². The molecule has 1 aromatic carbocycles. The van der Waals surface area contributed by atoms with Gasteiger partial charge >= 0.3 is 0 Å². The number of hydrogen-bond acceptors (Lipinski definition) is 8. The first-order chi connectivity index (χ1) is 12.9. The van der Waals surface area contributed by atoms with Crippen LogP contribution >= 0.6 is 0 Å². The fourth-order valence-corrected chi connectivity index (χ4v) is 3.44. The number of aromatic nitrogens is 2. The second kappa shape index (κ2) is 7.15. The summed E-state index contributed by atoms with van der Waals surface area (Å²) in [5, 5.41) is 9.60. The molecular formula is C16H17N7O3S. The van der Waals surface area contributed by atoms with E-state index in [1.54, 1.807) is 36.5 Å². The predicted octanol–water partition coefficient (Wildman–Crippen LogP) is 0.0364. The molecule has 140 valence electrons. The topological polar surface area (TPSA) is 172 Å². The highest BCUT2D eigenvalue weighted by Crippen LogP contribution is 2.30. The highest BCUT2D eigenvalue weighted by molar-refractivity contribution is 7.89. The fraction of sp³-hybridized carbons (Fsp3) is 0.0625. The highest BCUT2D eigenvalue weighted by atomic mass is 32.2. The van der Waals surface area contributed by atoms with E-state index >= 15 is 0 Å². The molecule has 7 N–H and O–H groups in total. The van der Waals surface area contributed by atoms with Gasteiger partial charge in [0.2, 0.25) is 15.9 Å². The van der Waals surface area contributed by atoms with Gasteiger partial charge in [0, 0.05) is 28.8 Å². The Hall–Kier alpha value is -3.28. The van der Waals surface area contributed by atoms with Crippen LogP contribution in [0.2, 0.25) is 0 Å². The molecule has 0 atom stereocenters. The van der Waals surface area contributed by atoms with E-state index in [1.807, 2.05) is 0 Å². The number of ether oxygens (including phenoxy) is 1. The maximum atomic E-state index is 12.0. The van der Waals surface area contributed by atoms with Crippen LogP contribution in [0.3, 0.4) is 0 Å². The molecule has 0 unspecified atom stereocenters. The quantitative estimate of drug-likeness (QED) is 0.210. The lowest BCUT2D eigenvalue weighted by Gasteiger charge is -2.15. The molecule has 10 nitrogen and oxygen atoms in total. The van der Waals surface area contributed by atoms with E-state index in [9.17, 15) is 8.42 Å². The SMILES string of the molecule is COc1ccc2cc(-c3cccc(S(N)(=O)=O)c3/C(=N/N)NN)cnc2n1. The zero-order chi connectivity index (χ0) is 19.6. The zero-order valence-corrected chi connectivity index (χ0v) is 15.1. The largest absolute Gasteiger partial charge is 0.481 e. The number of sulfonamides is 1. The molecule has 11 heteroatoms. The lowest BCUT2D eigenvalue weighted by atomic mass is 9.99. The number of amidine groups is 1. The van der Waals surface area contributed by atoms with Crippen molar-refractivity contribution < 1.29 is 13.2 Å². The maximum absolute atomic E-state index is 12.0. The van der Waals surface area contributed by atoms with Crippen molar-refractivity contribution in [1.29, 1.82) is 0 Å². The number of nitrogens with one attached hydrogen (secondary N) is 1. The Morgan fingerprint density at radius 3 is 2.67 bits per heavy atom. The average Bonchev–Trinajstić information content (AvgIpc) is 2.67. The van der Waals surface area contributed by atoms with Crippen LogP contribution in [0.25, 0.3) is 22.2 Å². The second-order valence-electron chi connectivity index (χ2n) is 5.47. The molecule has 0 saturated heterocycles. The molecule has 0 spiro atoms. The first-order valence-corrected chi connectivity index (χ1v) is 9.15. The Labute approximate surface area is 155 Å². The van der Waals surface area contributed by atoms with Gasteiger partial charge in [-0.1, -0.05) is 12.1 Å². The number of methoxy groups -OCH3 is 1. The number of rotatable bonds is 4. The minimum absolute atomic E-state index is 0.0393. The molecule has 0 radical (unpaired) electrons. The summed E-state index contributed by atoms with van der Waals surface area (Å²) < 4.78 is 29.1. The van der Waals surface area contributed by atoms with E-state index in [-0.39, 0.29) is 16.3 Å². The molecule has 0 saturated carbocycles. The summed E-state index contributed by atoms with van der Waals surface area (Å²) in [6.07, 6.45) is 1.55. The van der Waals surface area contributed by atoms with Crippen molar-refractivity contribution in [2.24, 2.45) is 21.9 Å². The monoisotopic (exact) mass is 387 g/mol. The van der Waals surface area contributed by atoms with Gasteiger partial charge in [-0.25, -0.2) is 24.4 Å². The number of hydrogen-bond donors (Lipinski definition) is 4. The van der Waals surface area contributed by atoms with Crippen molar-refractivity contribution in [3.63, 3.8) is 0 Å². The van der Waals surface area contributed by atoms with E-state index in [0.717, 1.165) is 5.39 Å². The number of primary sulfonamides is 1. The Morgan fingerprint density at radius 2 is 2.04 bits per heavy atom. The average molecular weight is 387 g/mol. The predicted molar refractivity (Wildman–Crippen MR) is 101 cm³/mol. The highest BCUT2D eigenvalue weighted by Gasteiger charge is 2.22. The zero-order valence-electron chi connectivity index (χ0n) is 14.2. The van der Waals surface area contributed by atoms with E-state index in [1.165, 1.54) is 13.2 Å². The van der Waals surface area contributed by atoms with Gasteiger partial charge in [-0.3, -0.25) is 0 Å². The smallest absolute Gasteiger partial charge is 0.238 e. The normalized spacial score (nSPS) is 12.2. The van der Waals surface area contributed by atoms with Gasteiger partial charge in [0.1, 0.15) is 0 Å². The summed E-state index contributed by atoms with van der Waals surface area (Å²) >= 11 is 0. The number of pyridine rings is 2. The molecule has 0 amide bonds. The standard InChI is InChI=1S/C16H17N7O3S/c1-26-13-6-5-9-7-10(8-20-15(9)21-13)11-3-2-4-12(27(19,24)25)14(11)16(22-17)23-18/h2-8H,17-18H2,1H3,(H,22,23)(H2,19,24,25). The van der Waals surface area contributed by atoms with E-state index in [2.05, 4.69) is 20.5 Å². The minimum Gasteiger partial charge on any atom is -0.481 e. The number of hydrazone groups is 1. The molecular weight excluding hydrogens is 370 g/mol. The van der Waals surface area contributed by atoms with Crippen molar-refractivity contribution in [3.8, 4) is 17.0 Å². The Balaban J connectivity index is 2.29. The van der Waals surface area contributed by atoms with Gasteiger partial charge in [0.25, 0.3) is 0 Å². The van der Waals surface area contributed by atoms with Crippen LogP contribution in [0.1, 0.15) is 5.56 Å². The third-order valence-electron chi connectivity index (χ3n) is 3.87. The Bertz CT molecular complexity index is 1150.